The molecule has 0 saturated carbocycles. The molecule has 0 amide bonds. The second-order valence-corrected chi connectivity index (χ2v) is 7.94. The van der Waals surface area contributed by atoms with E-state index in [4.69, 9.17) is 35.7 Å². The molecule has 2 rings (SSSR count). The van der Waals surface area contributed by atoms with Gasteiger partial charge in [-0.1, -0.05) is 6.07 Å². The zero-order valence-corrected chi connectivity index (χ0v) is 18.8. The number of hydrogen-bond acceptors (Lipinski definition) is 10. The Hall–Kier alpha value is -4.47. The molecule has 0 aliphatic rings. The van der Waals surface area contributed by atoms with Crippen LogP contribution in [-0.4, -0.2) is 42.4 Å². The van der Waals surface area contributed by atoms with Gasteiger partial charge >= 0.3 is 10.1 Å². The van der Waals surface area contributed by atoms with Crippen LogP contribution in [0.3, 0.4) is 0 Å². The van der Waals surface area contributed by atoms with Gasteiger partial charge in [0.15, 0.2) is 0 Å². The minimum absolute atomic E-state index is 0.0186. The minimum Gasteiger partial charge on any atom is -0.493 e. The Bertz CT molecular complexity index is 1190. The maximum Gasteiger partial charge on any atom is 0.339 e. The van der Waals surface area contributed by atoms with Crippen LogP contribution in [0.15, 0.2) is 51.5 Å². The van der Waals surface area contributed by atoms with Crippen molar-refractivity contribution in [2.45, 2.75) is 25.2 Å². The number of rotatable bonds is 9. The van der Waals surface area contributed by atoms with Gasteiger partial charge in [-0.3, -0.25) is 10.1 Å². The van der Waals surface area contributed by atoms with E-state index in [1.54, 1.807) is 13.0 Å². The highest BCUT2D eigenvalue weighted by molar-refractivity contribution is 7.87. The Morgan fingerprint density at radius 2 is 1.74 bits per heavy atom. The second-order valence-electron chi connectivity index (χ2n) is 6.42. The molecule has 16 heteroatoms. The van der Waals surface area contributed by atoms with E-state index < -0.39 is 20.1 Å². The summed E-state index contributed by atoms with van der Waals surface area (Å²) in [6, 6.07) is 8.16. The van der Waals surface area contributed by atoms with Gasteiger partial charge in [-0.05, 0) is 37.1 Å². The summed E-state index contributed by atoms with van der Waals surface area (Å²) in [5.41, 5.74) is 11.0. The summed E-state index contributed by atoms with van der Waals surface area (Å²) < 4.78 is 36.1. The maximum atomic E-state index is 12.7. The largest absolute Gasteiger partial charge is 0.493 e. The van der Waals surface area contributed by atoms with Crippen LogP contribution in [0.4, 0.5) is 5.69 Å². The summed E-state index contributed by atoms with van der Waals surface area (Å²) in [6.07, 6.45) is 1.87. The number of benzene rings is 2. The molecule has 184 valence electrons. The molecule has 0 bridgehead atoms. The van der Waals surface area contributed by atoms with Gasteiger partial charge in [0.1, 0.15) is 16.4 Å². The monoisotopic (exact) mass is 498 g/mol. The first-order valence-electron chi connectivity index (χ1n) is 9.19. The molecular weight excluding hydrogens is 476 g/mol. The van der Waals surface area contributed by atoms with Crippen LogP contribution in [0.1, 0.15) is 17.5 Å². The number of aryl methyl sites for hydroxylation is 2. The molecule has 5 N–H and O–H groups in total. The van der Waals surface area contributed by atoms with Crippen LogP contribution in [0.25, 0.3) is 0 Å². The van der Waals surface area contributed by atoms with Gasteiger partial charge in [-0.15, -0.1) is 15.2 Å². The fourth-order valence-electron chi connectivity index (χ4n) is 2.38. The van der Waals surface area contributed by atoms with Crippen LogP contribution in [0.2, 0.25) is 0 Å². The molecule has 0 radical (unpaired) electrons. The van der Waals surface area contributed by atoms with Crippen molar-refractivity contribution in [2.75, 3.05) is 6.61 Å². The predicted molar refractivity (Wildman–Crippen MR) is 120 cm³/mol. The number of nitro groups is 1. The van der Waals surface area contributed by atoms with E-state index in [0.29, 0.717) is 23.3 Å². The minimum atomic E-state index is -4.29. The summed E-state index contributed by atoms with van der Waals surface area (Å²) >= 11 is 0. The van der Waals surface area contributed by atoms with Crippen molar-refractivity contribution in [3.05, 3.63) is 67.8 Å². The number of hydrogen-bond donors (Lipinski definition) is 3. The lowest BCUT2D eigenvalue weighted by Gasteiger charge is -2.12. The maximum absolute atomic E-state index is 12.7. The lowest BCUT2D eigenvalue weighted by atomic mass is 10.2. The Morgan fingerprint density at radius 1 is 1.12 bits per heavy atom. The van der Waals surface area contributed by atoms with Gasteiger partial charge < -0.3 is 25.6 Å². The molecular formula is C18H22N6O9S. The average Bonchev–Trinajstić information content (AvgIpc) is 2.69. The van der Waals surface area contributed by atoms with Crippen molar-refractivity contribution < 1.29 is 32.6 Å². The zero-order valence-electron chi connectivity index (χ0n) is 18.0. The third-order valence-electron chi connectivity index (χ3n) is 3.65. The number of nitrogens with two attached hydrogens (primary N) is 2. The Kier molecular flexibility index (Phi) is 10.2. The first kappa shape index (κ1) is 27.6. The third-order valence-corrected chi connectivity index (χ3v) is 5.04. The Labute approximate surface area is 193 Å². The number of non-ortho nitro benzene ring substituents is 1. The molecule has 0 atom stereocenters. The average molecular weight is 498 g/mol. The number of guanidine groups is 1. The molecule has 15 nitrogen and oxygen atoms in total. The molecule has 2 aromatic rings. The fourth-order valence-corrected chi connectivity index (χ4v) is 3.55. The van der Waals surface area contributed by atoms with Gasteiger partial charge in [0.2, 0.25) is 5.96 Å². The van der Waals surface area contributed by atoms with E-state index in [2.05, 4.69) is 10.2 Å². The molecule has 0 aliphatic heterocycles. The van der Waals surface area contributed by atoms with E-state index in [1.165, 1.54) is 37.4 Å². The highest BCUT2D eigenvalue weighted by Gasteiger charge is 2.23. The van der Waals surface area contributed by atoms with Crippen LogP contribution < -0.4 is 20.4 Å². The first-order chi connectivity index (χ1) is 15.8. The second kappa shape index (κ2) is 12.5. The van der Waals surface area contributed by atoms with Crippen LogP contribution in [0.5, 0.6) is 11.5 Å². The van der Waals surface area contributed by atoms with Gasteiger partial charge in [0.25, 0.3) is 10.8 Å². The normalized spacial score (nSPS) is 10.6. The summed E-state index contributed by atoms with van der Waals surface area (Å²) in [6.45, 7) is 3.50. The van der Waals surface area contributed by atoms with Crippen LogP contribution >= 0.6 is 0 Å². The van der Waals surface area contributed by atoms with E-state index in [-0.39, 0.29) is 28.9 Å². The standard InChI is InChI=1S/C18H21N5O6S.HNO3/c1-12-8-15(28-7-3-6-21-22-18(19)20)11-16(9-12)29-30(26,27)17-10-14(23(24)25)5-4-13(17)2;2-1(3)4/h4-6,8-11H,3,7H2,1-2H3,(H4,19,20,22);(H,2,3,4)/b21-6-;. The summed E-state index contributed by atoms with van der Waals surface area (Å²) in [7, 11) is -4.29. The third kappa shape index (κ3) is 9.77. The molecule has 0 fully saturated rings. The highest BCUT2D eigenvalue weighted by atomic mass is 32.2. The first-order valence-corrected chi connectivity index (χ1v) is 10.6. The van der Waals surface area contributed by atoms with Gasteiger partial charge in [0.05, 0.1) is 11.5 Å². The van der Waals surface area contributed by atoms with Crippen molar-refractivity contribution in [2.24, 2.45) is 21.7 Å². The highest BCUT2D eigenvalue weighted by Crippen LogP contribution is 2.28. The molecule has 0 heterocycles. The van der Waals surface area contributed by atoms with E-state index in [9.17, 15) is 18.5 Å². The van der Waals surface area contributed by atoms with Crippen molar-refractivity contribution >= 4 is 28.0 Å². The van der Waals surface area contributed by atoms with Gasteiger partial charge in [-0.2, -0.15) is 13.5 Å². The topological polar surface area (TPSA) is 236 Å². The molecule has 34 heavy (non-hydrogen) atoms. The number of nitro benzene ring substituents is 1. The van der Waals surface area contributed by atoms with E-state index in [0.717, 1.165) is 6.07 Å². The van der Waals surface area contributed by atoms with Gasteiger partial charge in [0, 0.05) is 30.8 Å². The quantitative estimate of drug-likeness (QED) is 0.112. The number of nitrogens with zero attached hydrogens (tertiary/aromatic N) is 4. The van der Waals surface area contributed by atoms with Gasteiger partial charge in [-0.25, -0.2) is 0 Å². The van der Waals surface area contributed by atoms with E-state index >= 15 is 0 Å². The molecule has 2 aromatic carbocycles. The summed E-state index contributed by atoms with van der Waals surface area (Å²) in [5, 5.41) is 31.7. The Morgan fingerprint density at radius 3 is 2.32 bits per heavy atom. The van der Waals surface area contributed by atoms with Crippen LogP contribution in [0, 0.1) is 34.1 Å². The summed E-state index contributed by atoms with van der Waals surface area (Å²) in [5.74, 6) is 0.240. The van der Waals surface area contributed by atoms with Crippen molar-refractivity contribution in [1.82, 2.24) is 0 Å². The SMILES string of the molecule is Cc1cc(OCC/C=N\N=C(N)N)cc(OS(=O)(=O)c2cc([N+](=O)[O-])ccc2C)c1.O=[N+]([O-])O. The predicted octanol–water partition coefficient (Wildman–Crippen LogP) is 1.66. The van der Waals surface area contributed by atoms with Crippen molar-refractivity contribution in [3.8, 4) is 11.5 Å². The van der Waals surface area contributed by atoms with Crippen molar-refractivity contribution in [1.29, 1.82) is 0 Å². The number of ether oxygens (including phenoxy) is 1. The van der Waals surface area contributed by atoms with Crippen molar-refractivity contribution in [3.63, 3.8) is 0 Å². The lowest BCUT2D eigenvalue weighted by molar-refractivity contribution is -0.742. The molecule has 0 unspecified atom stereocenters. The van der Waals surface area contributed by atoms with Crippen LogP contribution in [-0.2, 0) is 10.1 Å². The summed E-state index contributed by atoms with van der Waals surface area (Å²) in [4.78, 5) is 18.4. The smallest absolute Gasteiger partial charge is 0.339 e. The molecule has 0 spiro atoms. The molecule has 0 aromatic heterocycles. The van der Waals surface area contributed by atoms with E-state index in [1.807, 2.05) is 0 Å². The zero-order chi connectivity index (χ0) is 25.9. The molecule has 0 saturated heterocycles. The molecule has 0 aliphatic carbocycles. The Balaban J connectivity index is 0.00000133. The fraction of sp³-hybridized carbons (Fsp3) is 0.222. The lowest BCUT2D eigenvalue weighted by Crippen LogP contribution is -2.21.